The van der Waals surface area contributed by atoms with Crippen LogP contribution < -0.4 is 5.32 Å². The van der Waals surface area contributed by atoms with Gasteiger partial charge in [0.25, 0.3) is 0 Å². The van der Waals surface area contributed by atoms with Crippen molar-refractivity contribution < 1.29 is 14.3 Å². The molecule has 6 rings (SSSR count). The first-order chi connectivity index (χ1) is 19.2. The molecular formula is C29H34ClN7O3. The summed E-state index contributed by atoms with van der Waals surface area (Å²) in [6, 6.07) is 10.1. The van der Waals surface area contributed by atoms with Crippen LogP contribution in [0.1, 0.15) is 57.4 Å². The topological polar surface area (TPSA) is 99.3 Å². The minimum Gasteiger partial charge on any atom is -0.444 e. The number of halogens is 1. The molecular weight excluding hydrogens is 530 g/mol. The van der Waals surface area contributed by atoms with Crippen molar-refractivity contribution in [2.24, 2.45) is 7.05 Å². The summed E-state index contributed by atoms with van der Waals surface area (Å²) in [6.45, 7) is 7.53. The van der Waals surface area contributed by atoms with Gasteiger partial charge in [0.15, 0.2) is 12.1 Å². The number of fused-ring (bicyclic) bond motifs is 2. The first-order valence-corrected chi connectivity index (χ1v) is 14.1. The molecule has 11 heteroatoms. The maximum atomic E-state index is 12.5. The molecule has 0 bridgehead atoms. The molecule has 1 atom stereocenters. The molecule has 2 aliphatic heterocycles. The summed E-state index contributed by atoms with van der Waals surface area (Å²) in [6.07, 6.45) is 5.36. The smallest absolute Gasteiger partial charge is 0.410 e. The fourth-order valence-corrected chi connectivity index (χ4v) is 5.50. The van der Waals surface area contributed by atoms with Gasteiger partial charge >= 0.3 is 6.09 Å². The van der Waals surface area contributed by atoms with Gasteiger partial charge in [0.2, 0.25) is 5.95 Å². The molecule has 2 aromatic carbocycles. The second kappa shape index (κ2) is 10.4. The van der Waals surface area contributed by atoms with Crippen LogP contribution >= 0.6 is 11.6 Å². The van der Waals surface area contributed by atoms with E-state index >= 15 is 0 Å². The average Bonchev–Trinajstić information content (AvgIpc) is 3.53. The van der Waals surface area contributed by atoms with Crippen molar-refractivity contribution in [3.8, 4) is 11.4 Å². The normalized spacial score (nSPS) is 17.6. The number of rotatable bonds is 4. The Morgan fingerprint density at radius 2 is 2.02 bits per heavy atom. The highest BCUT2D eigenvalue weighted by Crippen LogP contribution is 2.35. The molecule has 1 N–H and O–H groups in total. The highest BCUT2D eigenvalue weighted by atomic mass is 35.5. The van der Waals surface area contributed by atoms with Crippen LogP contribution in [0.4, 0.5) is 16.4 Å². The summed E-state index contributed by atoms with van der Waals surface area (Å²) in [5.41, 5.74) is 4.37. The van der Waals surface area contributed by atoms with Gasteiger partial charge in [-0.2, -0.15) is 10.1 Å². The van der Waals surface area contributed by atoms with Gasteiger partial charge in [-0.3, -0.25) is 0 Å². The minimum atomic E-state index is -0.514. The number of benzene rings is 2. The number of hydrogen-bond donors (Lipinski definition) is 1. The molecule has 4 aromatic rings. The highest BCUT2D eigenvalue weighted by molar-refractivity contribution is 6.38. The van der Waals surface area contributed by atoms with Crippen LogP contribution in [-0.4, -0.2) is 54.3 Å². The quantitative estimate of drug-likeness (QED) is 0.314. The van der Waals surface area contributed by atoms with E-state index < -0.39 is 5.60 Å². The van der Waals surface area contributed by atoms with Crippen LogP contribution in [-0.2, 0) is 29.5 Å². The molecule has 0 radical (unpaired) electrons. The molecule has 0 saturated carbocycles. The second-order valence-electron chi connectivity index (χ2n) is 11.4. The zero-order valence-electron chi connectivity index (χ0n) is 23.3. The molecule has 1 amide bonds. The van der Waals surface area contributed by atoms with Crippen LogP contribution in [0.25, 0.3) is 22.3 Å². The zero-order valence-corrected chi connectivity index (χ0v) is 24.0. The largest absolute Gasteiger partial charge is 0.444 e. The lowest BCUT2D eigenvalue weighted by atomic mass is 9.97. The van der Waals surface area contributed by atoms with Gasteiger partial charge in [-0.25, -0.2) is 14.2 Å². The molecule has 210 valence electrons. The summed E-state index contributed by atoms with van der Waals surface area (Å²) in [5, 5.41) is 14.0. The van der Waals surface area contributed by atoms with Crippen molar-refractivity contribution in [1.82, 2.24) is 29.4 Å². The summed E-state index contributed by atoms with van der Waals surface area (Å²) in [7, 11) is 1.85. The third-order valence-corrected chi connectivity index (χ3v) is 7.69. The fraction of sp³-hybridized carbons (Fsp3) is 0.448. The van der Waals surface area contributed by atoms with E-state index in [1.165, 1.54) is 5.56 Å². The van der Waals surface area contributed by atoms with E-state index in [1.807, 2.05) is 56.8 Å². The SMILES string of the molecule is Cn1nc(-c2ccc3c(c2)CCN(C(=O)OC(C)(C)C)C3)nc1Nc1ccc2c(cnn2C2CCCCO2)c1Cl. The Bertz CT molecular complexity index is 1570. The Morgan fingerprint density at radius 1 is 1.18 bits per heavy atom. The Morgan fingerprint density at radius 3 is 2.80 bits per heavy atom. The number of hydrogen-bond acceptors (Lipinski definition) is 7. The van der Waals surface area contributed by atoms with E-state index in [4.69, 9.17) is 26.1 Å². The summed E-state index contributed by atoms with van der Waals surface area (Å²) in [5.74, 6) is 1.19. The van der Waals surface area contributed by atoms with Crippen LogP contribution in [0.15, 0.2) is 36.5 Å². The Labute approximate surface area is 238 Å². The highest BCUT2D eigenvalue weighted by Gasteiger charge is 2.26. The minimum absolute atomic E-state index is 0.0561. The van der Waals surface area contributed by atoms with Gasteiger partial charge < -0.3 is 19.7 Å². The predicted molar refractivity (Wildman–Crippen MR) is 154 cm³/mol. The molecule has 0 spiro atoms. The number of amides is 1. The van der Waals surface area contributed by atoms with E-state index in [9.17, 15) is 4.79 Å². The molecule has 40 heavy (non-hydrogen) atoms. The third kappa shape index (κ3) is 5.25. The van der Waals surface area contributed by atoms with E-state index in [2.05, 4.69) is 21.6 Å². The lowest BCUT2D eigenvalue weighted by molar-refractivity contribution is -0.0366. The Balaban J connectivity index is 1.19. The number of carbonyl (C=O) groups excluding carboxylic acids is 1. The fourth-order valence-electron chi connectivity index (χ4n) is 5.24. The maximum absolute atomic E-state index is 12.5. The molecule has 10 nitrogen and oxygen atoms in total. The van der Waals surface area contributed by atoms with E-state index in [-0.39, 0.29) is 12.3 Å². The Kier molecular flexibility index (Phi) is 6.92. The van der Waals surface area contributed by atoms with Crippen molar-refractivity contribution in [2.45, 2.75) is 64.8 Å². The van der Waals surface area contributed by atoms with Crippen molar-refractivity contribution in [3.05, 3.63) is 52.7 Å². The number of nitrogens with one attached hydrogen (secondary N) is 1. The zero-order chi connectivity index (χ0) is 28.0. The van der Waals surface area contributed by atoms with Gasteiger partial charge in [0, 0.05) is 37.7 Å². The average molecular weight is 564 g/mol. The Hall–Kier alpha value is -3.63. The van der Waals surface area contributed by atoms with E-state index in [1.54, 1.807) is 15.8 Å². The van der Waals surface area contributed by atoms with Gasteiger partial charge in [-0.15, -0.1) is 5.10 Å². The summed E-state index contributed by atoms with van der Waals surface area (Å²) >= 11 is 6.82. The van der Waals surface area contributed by atoms with E-state index in [0.29, 0.717) is 29.9 Å². The monoisotopic (exact) mass is 563 g/mol. The lowest BCUT2D eigenvalue weighted by Gasteiger charge is -2.31. The lowest BCUT2D eigenvalue weighted by Crippen LogP contribution is -2.39. The van der Waals surface area contributed by atoms with Gasteiger partial charge in [-0.05, 0) is 75.8 Å². The molecule has 2 aliphatic rings. The number of nitrogens with zero attached hydrogens (tertiary/aromatic N) is 6. The van der Waals surface area contributed by atoms with Gasteiger partial charge in [0.05, 0.1) is 22.4 Å². The number of ether oxygens (including phenoxy) is 2. The summed E-state index contributed by atoms with van der Waals surface area (Å²) in [4.78, 5) is 19.0. The van der Waals surface area contributed by atoms with Crippen LogP contribution in [0, 0.1) is 0 Å². The first kappa shape index (κ1) is 26.6. The van der Waals surface area contributed by atoms with Crippen molar-refractivity contribution in [1.29, 1.82) is 0 Å². The second-order valence-corrected chi connectivity index (χ2v) is 11.8. The van der Waals surface area contributed by atoms with Gasteiger partial charge in [-0.1, -0.05) is 23.7 Å². The maximum Gasteiger partial charge on any atom is 0.410 e. The third-order valence-electron chi connectivity index (χ3n) is 7.28. The molecule has 4 heterocycles. The molecule has 2 aromatic heterocycles. The van der Waals surface area contributed by atoms with Crippen molar-refractivity contribution in [2.75, 3.05) is 18.5 Å². The molecule has 1 unspecified atom stereocenters. The van der Waals surface area contributed by atoms with E-state index in [0.717, 1.165) is 60.0 Å². The van der Waals surface area contributed by atoms with Crippen molar-refractivity contribution in [3.63, 3.8) is 0 Å². The molecule has 0 aliphatic carbocycles. The number of anilines is 2. The van der Waals surface area contributed by atoms with Crippen LogP contribution in [0.2, 0.25) is 5.02 Å². The summed E-state index contributed by atoms with van der Waals surface area (Å²) < 4.78 is 15.1. The first-order valence-electron chi connectivity index (χ1n) is 13.7. The van der Waals surface area contributed by atoms with Crippen LogP contribution in [0.3, 0.4) is 0 Å². The predicted octanol–water partition coefficient (Wildman–Crippen LogP) is 6.22. The standard InChI is InChI=1S/C29H34ClN7O3/c1-29(2,3)40-28(38)36-13-12-18-15-19(8-9-20(18)17-36)26-33-27(35(4)34-26)32-22-10-11-23-21(25(22)30)16-31-37(23)24-7-5-6-14-39-24/h8-11,15-16,24H,5-7,12-14,17H2,1-4H3,(H,32,33,34). The molecule has 1 fully saturated rings. The van der Waals surface area contributed by atoms with Crippen LogP contribution in [0.5, 0.6) is 0 Å². The molecule has 1 saturated heterocycles. The number of aryl methyl sites for hydroxylation is 1. The number of carbonyl (C=O) groups is 1. The van der Waals surface area contributed by atoms with Crippen molar-refractivity contribution >= 4 is 40.2 Å². The number of aromatic nitrogens is 5. The van der Waals surface area contributed by atoms with Gasteiger partial charge in [0.1, 0.15) is 5.60 Å².